The largest absolute Gasteiger partial charge is 0.465 e. The summed E-state index contributed by atoms with van der Waals surface area (Å²) in [7, 11) is 0. The Kier molecular flexibility index (Phi) is 10.5. The quantitative estimate of drug-likeness (QED) is 0.401. The molecule has 0 spiro atoms. The van der Waals surface area contributed by atoms with Crippen LogP contribution < -0.4 is 10.6 Å². The Morgan fingerprint density at radius 3 is 2.54 bits per heavy atom. The van der Waals surface area contributed by atoms with Gasteiger partial charge in [0.15, 0.2) is 0 Å². The Balaban J connectivity index is 1.24. The SMILES string of the molecule is Cc1ccc(CC(C(=O)N2CCC(N3CCCNCC3)CC2)[C@H]2CC(N3CCc4ccccc4NC3=O)CCN2C(=O)O)cc1Br. The molecule has 0 aliphatic carbocycles. The summed E-state index contributed by atoms with van der Waals surface area (Å²) in [5.41, 5.74) is 4.02. The molecule has 4 aliphatic rings. The number of fused-ring (bicyclic) bond motifs is 1. The van der Waals surface area contributed by atoms with Crippen LogP contribution in [0, 0.1) is 12.8 Å². The summed E-state index contributed by atoms with van der Waals surface area (Å²) in [6, 6.07) is 13.6. The van der Waals surface area contributed by atoms with Gasteiger partial charge in [-0.2, -0.15) is 0 Å². The minimum Gasteiger partial charge on any atom is -0.465 e. The second-order valence-electron chi connectivity index (χ2n) is 13.3. The van der Waals surface area contributed by atoms with Crippen molar-refractivity contribution < 1.29 is 19.5 Å². The number of nitrogens with one attached hydrogen (secondary N) is 2. The van der Waals surface area contributed by atoms with Crippen molar-refractivity contribution in [3.63, 3.8) is 0 Å². The number of carboxylic acid groups (broad SMARTS) is 1. The molecule has 4 amide bonds. The Morgan fingerprint density at radius 1 is 0.978 bits per heavy atom. The number of nitrogens with zero attached hydrogens (tertiary/aromatic N) is 4. The lowest BCUT2D eigenvalue weighted by Crippen LogP contribution is -2.59. The number of carbonyl (C=O) groups excluding carboxylic acids is 2. The number of para-hydroxylation sites is 1. The lowest BCUT2D eigenvalue weighted by molar-refractivity contribution is -0.140. The molecule has 0 bridgehead atoms. The van der Waals surface area contributed by atoms with Gasteiger partial charge in [-0.1, -0.05) is 46.3 Å². The third kappa shape index (κ3) is 7.37. The number of rotatable bonds is 6. The van der Waals surface area contributed by atoms with Gasteiger partial charge in [-0.15, -0.1) is 0 Å². The molecule has 3 saturated heterocycles. The summed E-state index contributed by atoms with van der Waals surface area (Å²) in [5, 5.41) is 17.0. The smallest absolute Gasteiger partial charge is 0.407 e. The van der Waals surface area contributed by atoms with E-state index >= 15 is 0 Å². The van der Waals surface area contributed by atoms with Crippen LogP contribution in [0.4, 0.5) is 15.3 Å². The molecule has 6 rings (SSSR count). The first-order valence-corrected chi connectivity index (χ1v) is 17.7. The Bertz CT molecular complexity index is 1410. The molecule has 11 heteroatoms. The zero-order chi connectivity index (χ0) is 32.2. The third-order valence-corrected chi connectivity index (χ3v) is 11.4. The van der Waals surface area contributed by atoms with E-state index in [-0.39, 0.29) is 24.5 Å². The number of halogens is 1. The van der Waals surface area contributed by atoms with Crippen LogP contribution in [-0.2, 0) is 17.6 Å². The van der Waals surface area contributed by atoms with Crippen LogP contribution in [-0.4, -0.2) is 113 Å². The van der Waals surface area contributed by atoms with Crippen LogP contribution in [0.3, 0.4) is 0 Å². The average molecular weight is 696 g/mol. The fourth-order valence-electron chi connectivity index (χ4n) is 7.94. The highest BCUT2D eigenvalue weighted by Gasteiger charge is 2.44. The summed E-state index contributed by atoms with van der Waals surface area (Å²) in [6.07, 6.45) is 4.12. The molecule has 248 valence electrons. The predicted octanol–water partition coefficient (Wildman–Crippen LogP) is 4.80. The van der Waals surface area contributed by atoms with Gasteiger partial charge in [-0.25, -0.2) is 9.59 Å². The van der Waals surface area contributed by atoms with E-state index in [0.29, 0.717) is 44.9 Å². The molecule has 2 unspecified atom stereocenters. The number of hydrogen-bond donors (Lipinski definition) is 3. The Morgan fingerprint density at radius 2 is 1.76 bits per heavy atom. The number of anilines is 1. The van der Waals surface area contributed by atoms with Crippen LogP contribution in [0.5, 0.6) is 0 Å². The first-order chi connectivity index (χ1) is 22.3. The first kappa shape index (κ1) is 32.8. The number of amides is 4. The summed E-state index contributed by atoms with van der Waals surface area (Å²) >= 11 is 3.66. The molecule has 0 aromatic heterocycles. The number of hydrogen-bond acceptors (Lipinski definition) is 5. The predicted molar refractivity (Wildman–Crippen MR) is 182 cm³/mol. The fraction of sp³-hybridized carbons (Fsp3) is 0.571. The van der Waals surface area contributed by atoms with Crippen LogP contribution in [0.25, 0.3) is 0 Å². The van der Waals surface area contributed by atoms with Gasteiger partial charge in [0.2, 0.25) is 5.91 Å². The van der Waals surface area contributed by atoms with Gasteiger partial charge in [0, 0.05) is 67.6 Å². The van der Waals surface area contributed by atoms with E-state index in [0.717, 1.165) is 78.7 Å². The van der Waals surface area contributed by atoms with Crippen molar-refractivity contribution in [1.82, 2.24) is 24.9 Å². The van der Waals surface area contributed by atoms with Crippen LogP contribution in [0.15, 0.2) is 46.9 Å². The molecule has 3 N–H and O–H groups in total. The standard InChI is InChI=1S/C35H47BrN6O4/c1-24-7-8-25(22-30(24)36)21-29(33(43)40-16-10-27(11-17-40)39-15-4-13-37-14-20-39)32-23-28(12-19-42(32)35(45)46)41-18-9-26-5-2-3-6-31(26)38-34(41)44/h2-3,5-8,22,27-29,32,37H,4,9-21,23H2,1H3,(H,38,44)(H,45,46)/t28?,29?,32-/m1/s1. The van der Waals surface area contributed by atoms with Crippen molar-refractivity contribution >= 4 is 39.6 Å². The lowest BCUT2D eigenvalue weighted by Gasteiger charge is -2.46. The maximum absolute atomic E-state index is 14.6. The summed E-state index contributed by atoms with van der Waals surface area (Å²) < 4.78 is 0.973. The molecule has 2 aromatic rings. The van der Waals surface area contributed by atoms with Crippen molar-refractivity contribution in [2.24, 2.45) is 5.92 Å². The van der Waals surface area contributed by atoms with Crippen LogP contribution in [0.1, 0.15) is 48.8 Å². The molecule has 0 saturated carbocycles. The minimum atomic E-state index is -1.01. The number of aryl methyl sites for hydroxylation is 1. The molecule has 4 heterocycles. The zero-order valence-corrected chi connectivity index (χ0v) is 28.4. The van der Waals surface area contributed by atoms with E-state index < -0.39 is 18.1 Å². The van der Waals surface area contributed by atoms with E-state index in [1.165, 1.54) is 4.90 Å². The molecule has 3 fully saturated rings. The minimum absolute atomic E-state index is 0.0253. The van der Waals surface area contributed by atoms with E-state index in [4.69, 9.17) is 0 Å². The molecule has 4 aliphatic heterocycles. The van der Waals surface area contributed by atoms with E-state index in [2.05, 4.69) is 37.5 Å². The molecule has 3 atom stereocenters. The van der Waals surface area contributed by atoms with E-state index in [1.54, 1.807) is 0 Å². The van der Waals surface area contributed by atoms with Gasteiger partial charge < -0.3 is 30.4 Å². The maximum Gasteiger partial charge on any atom is 0.407 e. The van der Waals surface area contributed by atoms with Crippen LogP contribution >= 0.6 is 15.9 Å². The Hall–Kier alpha value is -3.15. The van der Waals surface area contributed by atoms with Gasteiger partial charge in [0.25, 0.3) is 0 Å². The summed E-state index contributed by atoms with van der Waals surface area (Å²) in [4.78, 5) is 48.7. The zero-order valence-electron chi connectivity index (χ0n) is 26.8. The maximum atomic E-state index is 14.6. The van der Waals surface area contributed by atoms with Gasteiger partial charge in [-0.3, -0.25) is 9.69 Å². The van der Waals surface area contributed by atoms with Crippen molar-refractivity contribution in [3.8, 4) is 0 Å². The molecule has 2 aromatic carbocycles. The highest BCUT2D eigenvalue weighted by Crippen LogP contribution is 2.33. The fourth-order valence-corrected chi connectivity index (χ4v) is 8.37. The Labute approximate surface area is 280 Å². The average Bonchev–Trinajstić information content (AvgIpc) is 3.44. The molecular weight excluding hydrogens is 648 g/mol. The number of carbonyl (C=O) groups is 3. The van der Waals surface area contributed by atoms with E-state index in [9.17, 15) is 19.5 Å². The highest BCUT2D eigenvalue weighted by atomic mass is 79.9. The number of urea groups is 1. The van der Waals surface area contributed by atoms with Crippen molar-refractivity contribution in [1.29, 1.82) is 0 Å². The molecule has 46 heavy (non-hydrogen) atoms. The topological polar surface area (TPSA) is 108 Å². The monoisotopic (exact) mass is 694 g/mol. The van der Waals surface area contributed by atoms with Gasteiger partial charge in [-0.05, 0) is 93.8 Å². The second-order valence-corrected chi connectivity index (χ2v) is 14.2. The van der Waals surface area contributed by atoms with Crippen LogP contribution in [0.2, 0.25) is 0 Å². The third-order valence-electron chi connectivity index (χ3n) is 10.6. The van der Waals surface area contributed by atoms with Gasteiger partial charge in [0.05, 0.1) is 5.92 Å². The molecule has 0 radical (unpaired) electrons. The second kappa shape index (κ2) is 14.7. The van der Waals surface area contributed by atoms with Crippen molar-refractivity contribution in [2.45, 2.75) is 70.0 Å². The number of benzene rings is 2. The summed E-state index contributed by atoms with van der Waals surface area (Å²) in [5.74, 6) is -0.531. The number of piperidine rings is 2. The van der Waals surface area contributed by atoms with Crippen molar-refractivity contribution in [2.75, 3.05) is 57.7 Å². The van der Waals surface area contributed by atoms with Crippen molar-refractivity contribution in [3.05, 3.63) is 63.6 Å². The van der Waals surface area contributed by atoms with Gasteiger partial charge >= 0.3 is 12.1 Å². The lowest BCUT2D eigenvalue weighted by atomic mass is 9.82. The highest BCUT2D eigenvalue weighted by molar-refractivity contribution is 9.10. The van der Waals surface area contributed by atoms with Gasteiger partial charge in [0.1, 0.15) is 0 Å². The number of likely N-dealkylation sites (tertiary alicyclic amines) is 2. The normalized spacial score (nSPS) is 24.0. The van der Waals surface area contributed by atoms with E-state index in [1.807, 2.05) is 53.1 Å². The molecular formula is C35H47BrN6O4. The summed E-state index contributed by atoms with van der Waals surface area (Å²) in [6.45, 7) is 8.41. The first-order valence-electron chi connectivity index (χ1n) is 16.9. The molecule has 10 nitrogen and oxygen atoms in total.